The van der Waals surface area contributed by atoms with Crippen molar-refractivity contribution in [3.05, 3.63) is 75.6 Å². The van der Waals surface area contributed by atoms with E-state index in [4.69, 9.17) is 0 Å². The van der Waals surface area contributed by atoms with Crippen LogP contribution in [0.15, 0.2) is 48.5 Å². The minimum absolute atomic E-state index is 0.0581. The van der Waals surface area contributed by atoms with E-state index in [9.17, 15) is 24.1 Å². The highest BCUT2D eigenvalue weighted by Gasteiger charge is 2.21. The molecule has 2 aromatic rings. The lowest BCUT2D eigenvalue weighted by Crippen LogP contribution is -2.45. The fourth-order valence-electron chi connectivity index (χ4n) is 2.39. The Morgan fingerprint density at radius 1 is 1.23 bits per heavy atom. The second-order valence-corrected chi connectivity index (χ2v) is 5.79. The maximum Gasteiger partial charge on any atom is 0.270 e. The Kier molecular flexibility index (Phi) is 6.00. The Morgan fingerprint density at radius 2 is 1.92 bits per heavy atom. The molecule has 0 aliphatic heterocycles. The van der Waals surface area contributed by atoms with Gasteiger partial charge in [-0.15, -0.1) is 0 Å². The number of non-ortho nitro benzene ring substituents is 1. The molecule has 26 heavy (non-hydrogen) atoms. The summed E-state index contributed by atoms with van der Waals surface area (Å²) in [5, 5.41) is 13.3. The monoisotopic (exact) mass is 359 g/mol. The molecule has 0 radical (unpaired) electrons. The molecule has 8 heteroatoms. The first-order chi connectivity index (χ1) is 12.3. The van der Waals surface area contributed by atoms with Crippen LogP contribution in [0.5, 0.6) is 0 Å². The van der Waals surface area contributed by atoms with E-state index in [1.54, 1.807) is 18.2 Å². The summed E-state index contributed by atoms with van der Waals surface area (Å²) in [7, 11) is 1.50. The number of amides is 2. The number of nitrogens with zero attached hydrogens (tertiary/aromatic N) is 2. The summed E-state index contributed by atoms with van der Waals surface area (Å²) in [5.41, 5.74) is 0.226. The third-order valence-corrected chi connectivity index (χ3v) is 3.78. The number of carbonyl (C=O) groups is 2. The highest BCUT2D eigenvalue weighted by Crippen LogP contribution is 2.13. The number of hydrogen-bond donors (Lipinski definition) is 1. The van der Waals surface area contributed by atoms with Crippen molar-refractivity contribution in [1.82, 2.24) is 10.2 Å². The molecule has 0 spiro atoms. The van der Waals surface area contributed by atoms with Crippen molar-refractivity contribution in [3.8, 4) is 0 Å². The SMILES string of the molecule is CC(NC(=O)c1cccc([N+](=O)[O-])c1)C(=O)N(C)Cc1ccccc1F. The number of nitrogens with one attached hydrogen (secondary N) is 1. The molecular weight excluding hydrogens is 341 g/mol. The van der Waals surface area contributed by atoms with E-state index >= 15 is 0 Å². The molecule has 0 aromatic heterocycles. The fraction of sp³-hybridized carbons (Fsp3) is 0.222. The lowest BCUT2D eigenvalue weighted by Gasteiger charge is -2.22. The van der Waals surface area contributed by atoms with Crippen LogP contribution in [0.4, 0.5) is 10.1 Å². The highest BCUT2D eigenvalue weighted by atomic mass is 19.1. The van der Waals surface area contributed by atoms with Gasteiger partial charge in [-0.3, -0.25) is 19.7 Å². The summed E-state index contributed by atoms with van der Waals surface area (Å²) in [6, 6.07) is 10.5. The van der Waals surface area contributed by atoms with Crippen molar-refractivity contribution >= 4 is 17.5 Å². The highest BCUT2D eigenvalue weighted by molar-refractivity contribution is 5.97. The van der Waals surface area contributed by atoms with Gasteiger partial charge in [0.15, 0.2) is 0 Å². The number of halogens is 1. The van der Waals surface area contributed by atoms with E-state index in [1.807, 2.05) is 0 Å². The zero-order valence-electron chi connectivity index (χ0n) is 14.3. The van der Waals surface area contributed by atoms with Crippen molar-refractivity contribution in [2.24, 2.45) is 0 Å². The molecule has 1 N–H and O–H groups in total. The first-order valence-electron chi connectivity index (χ1n) is 7.83. The number of benzene rings is 2. The molecule has 2 aromatic carbocycles. The van der Waals surface area contributed by atoms with Gasteiger partial charge in [-0.1, -0.05) is 24.3 Å². The first-order valence-corrected chi connectivity index (χ1v) is 7.83. The Bertz CT molecular complexity index is 841. The van der Waals surface area contributed by atoms with Crippen LogP contribution < -0.4 is 5.32 Å². The van der Waals surface area contributed by atoms with Gasteiger partial charge in [0.2, 0.25) is 5.91 Å². The minimum atomic E-state index is -0.876. The molecule has 0 fully saturated rings. The topological polar surface area (TPSA) is 92.5 Å². The normalized spacial score (nSPS) is 11.5. The lowest BCUT2D eigenvalue weighted by atomic mass is 10.1. The first kappa shape index (κ1) is 19.0. The van der Waals surface area contributed by atoms with Crippen molar-refractivity contribution in [1.29, 1.82) is 0 Å². The predicted octanol–water partition coefficient (Wildman–Crippen LogP) is 2.51. The second kappa shape index (κ2) is 8.19. The van der Waals surface area contributed by atoms with Gasteiger partial charge in [0.1, 0.15) is 11.9 Å². The van der Waals surface area contributed by atoms with Gasteiger partial charge >= 0.3 is 0 Å². The van der Waals surface area contributed by atoms with Gasteiger partial charge in [-0.05, 0) is 19.1 Å². The maximum absolute atomic E-state index is 13.7. The molecular formula is C18H18FN3O4. The van der Waals surface area contributed by atoms with Gasteiger partial charge in [0, 0.05) is 36.9 Å². The van der Waals surface area contributed by atoms with Crippen molar-refractivity contribution in [2.45, 2.75) is 19.5 Å². The largest absolute Gasteiger partial charge is 0.341 e. The second-order valence-electron chi connectivity index (χ2n) is 5.79. The number of rotatable bonds is 6. The van der Waals surface area contributed by atoms with E-state index in [0.29, 0.717) is 5.56 Å². The van der Waals surface area contributed by atoms with Crippen molar-refractivity contribution < 1.29 is 18.9 Å². The zero-order valence-corrected chi connectivity index (χ0v) is 14.3. The molecule has 0 aliphatic rings. The Labute approximate surface area is 149 Å². The van der Waals surface area contributed by atoms with Crippen LogP contribution in [0.1, 0.15) is 22.8 Å². The summed E-state index contributed by atoms with van der Waals surface area (Å²) >= 11 is 0. The molecule has 0 bridgehead atoms. The van der Waals surface area contributed by atoms with E-state index in [0.717, 1.165) is 6.07 Å². The summed E-state index contributed by atoms with van der Waals surface area (Å²) < 4.78 is 13.7. The molecule has 7 nitrogen and oxygen atoms in total. The van der Waals surface area contributed by atoms with Gasteiger partial charge in [-0.25, -0.2) is 4.39 Å². The van der Waals surface area contributed by atoms with E-state index in [1.165, 1.54) is 43.1 Å². The van der Waals surface area contributed by atoms with Gasteiger partial charge in [0.25, 0.3) is 11.6 Å². The molecule has 2 amide bonds. The Balaban J connectivity index is 2.02. The number of likely N-dealkylation sites (N-methyl/N-ethyl adjacent to an activating group) is 1. The molecule has 136 valence electrons. The van der Waals surface area contributed by atoms with Crippen LogP contribution in [0.2, 0.25) is 0 Å². The Morgan fingerprint density at radius 3 is 2.58 bits per heavy atom. The quantitative estimate of drug-likeness (QED) is 0.633. The number of hydrogen-bond acceptors (Lipinski definition) is 4. The van der Waals surface area contributed by atoms with Crippen LogP contribution in [-0.2, 0) is 11.3 Å². The zero-order chi connectivity index (χ0) is 19.3. The standard InChI is InChI=1S/C18H18FN3O4/c1-12(18(24)21(2)11-14-6-3-4-9-16(14)19)20-17(23)13-7-5-8-15(10-13)22(25)26/h3-10,12H,11H2,1-2H3,(H,20,23). The summed E-state index contributed by atoms with van der Waals surface area (Å²) in [6.45, 7) is 1.55. The smallest absolute Gasteiger partial charge is 0.270 e. The molecule has 2 rings (SSSR count). The van der Waals surface area contributed by atoms with E-state index < -0.39 is 28.6 Å². The molecule has 0 aliphatic carbocycles. The van der Waals surface area contributed by atoms with Crippen molar-refractivity contribution in [2.75, 3.05) is 7.05 Å². The number of nitro benzene ring substituents is 1. The summed E-state index contributed by atoms with van der Waals surface area (Å²) in [6.07, 6.45) is 0. The van der Waals surface area contributed by atoms with E-state index in [-0.39, 0.29) is 17.8 Å². The van der Waals surface area contributed by atoms with Crippen LogP contribution >= 0.6 is 0 Å². The molecule has 0 saturated heterocycles. The third-order valence-electron chi connectivity index (χ3n) is 3.78. The molecule has 0 heterocycles. The molecule has 1 unspecified atom stereocenters. The predicted molar refractivity (Wildman–Crippen MR) is 92.9 cm³/mol. The van der Waals surface area contributed by atoms with Gasteiger partial charge in [0.05, 0.1) is 4.92 Å². The summed E-state index contributed by atoms with van der Waals surface area (Å²) in [4.78, 5) is 36.1. The molecule has 1 atom stereocenters. The van der Waals surface area contributed by atoms with E-state index in [2.05, 4.69) is 5.32 Å². The van der Waals surface area contributed by atoms with Crippen LogP contribution in [0.25, 0.3) is 0 Å². The maximum atomic E-state index is 13.7. The third kappa shape index (κ3) is 4.62. The number of nitro groups is 1. The van der Waals surface area contributed by atoms with Crippen LogP contribution in [-0.4, -0.2) is 34.7 Å². The van der Waals surface area contributed by atoms with Crippen molar-refractivity contribution in [3.63, 3.8) is 0 Å². The average molecular weight is 359 g/mol. The minimum Gasteiger partial charge on any atom is -0.341 e. The Hall–Kier alpha value is -3.29. The van der Waals surface area contributed by atoms with Gasteiger partial charge < -0.3 is 10.2 Å². The van der Waals surface area contributed by atoms with Crippen LogP contribution in [0.3, 0.4) is 0 Å². The average Bonchev–Trinajstić information content (AvgIpc) is 2.62. The van der Waals surface area contributed by atoms with Gasteiger partial charge in [-0.2, -0.15) is 0 Å². The fourth-order valence-corrected chi connectivity index (χ4v) is 2.39. The lowest BCUT2D eigenvalue weighted by molar-refractivity contribution is -0.384. The molecule has 0 saturated carbocycles. The summed E-state index contributed by atoms with van der Waals surface area (Å²) in [5.74, 6) is -1.43. The van der Waals surface area contributed by atoms with Crippen LogP contribution in [0, 0.1) is 15.9 Å². The number of carbonyl (C=O) groups excluding carboxylic acids is 2.